The first-order chi connectivity index (χ1) is 7.81. The summed E-state index contributed by atoms with van der Waals surface area (Å²) in [5.41, 5.74) is 5.91. The molecule has 0 aliphatic carbocycles. The second-order valence-electron chi connectivity index (χ2n) is 6.44. The van der Waals surface area contributed by atoms with Crippen molar-refractivity contribution in [1.29, 1.82) is 0 Å². The highest BCUT2D eigenvalue weighted by molar-refractivity contribution is 5.78. The highest BCUT2D eigenvalue weighted by Gasteiger charge is 2.24. The second-order valence-corrected chi connectivity index (χ2v) is 6.44. The molecule has 0 amide bonds. The van der Waals surface area contributed by atoms with E-state index in [1.807, 2.05) is 0 Å². The number of nitrogens with two attached hydrogens (primary N) is 1. The van der Waals surface area contributed by atoms with E-state index < -0.39 is 0 Å². The highest BCUT2D eigenvalue weighted by atomic mass is 16.1. The van der Waals surface area contributed by atoms with E-state index in [9.17, 15) is 4.79 Å². The topological polar surface area (TPSA) is 43.1 Å². The Morgan fingerprint density at radius 1 is 1.24 bits per heavy atom. The molecule has 0 aromatic carbocycles. The van der Waals surface area contributed by atoms with Gasteiger partial charge < -0.3 is 5.73 Å². The van der Waals surface area contributed by atoms with Gasteiger partial charge in [-0.15, -0.1) is 0 Å². The van der Waals surface area contributed by atoms with Gasteiger partial charge in [-0.2, -0.15) is 0 Å². The predicted molar refractivity (Wildman–Crippen MR) is 74.9 cm³/mol. The van der Waals surface area contributed by atoms with Crippen LogP contribution in [0.3, 0.4) is 0 Å². The van der Waals surface area contributed by atoms with Crippen molar-refractivity contribution in [2.75, 3.05) is 6.54 Å². The van der Waals surface area contributed by atoms with E-state index in [4.69, 9.17) is 5.73 Å². The van der Waals surface area contributed by atoms with E-state index in [0.717, 1.165) is 38.6 Å². The van der Waals surface area contributed by atoms with E-state index in [-0.39, 0.29) is 5.41 Å². The third-order valence-corrected chi connectivity index (χ3v) is 3.78. The normalized spacial score (nSPS) is 15.6. The maximum Gasteiger partial charge on any atom is 0.133 e. The molecule has 102 valence electrons. The lowest BCUT2D eigenvalue weighted by molar-refractivity contribution is -0.120. The second kappa shape index (κ2) is 7.86. The molecule has 17 heavy (non-hydrogen) atoms. The molecule has 0 spiro atoms. The minimum Gasteiger partial charge on any atom is -0.330 e. The van der Waals surface area contributed by atoms with Crippen molar-refractivity contribution in [1.82, 2.24) is 0 Å². The molecule has 0 aromatic heterocycles. The van der Waals surface area contributed by atoms with Gasteiger partial charge in [-0.05, 0) is 36.6 Å². The van der Waals surface area contributed by atoms with Crippen molar-refractivity contribution in [3.63, 3.8) is 0 Å². The van der Waals surface area contributed by atoms with E-state index >= 15 is 0 Å². The van der Waals surface area contributed by atoms with Crippen molar-refractivity contribution in [3.8, 4) is 0 Å². The van der Waals surface area contributed by atoms with Gasteiger partial charge >= 0.3 is 0 Å². The molecule has 2 unspecified atom stereocenters. The summed E-state index contributed by atoms with van der Waals surface area (Å²) in [4.78, 5) is 11.8. The molecule has 0 aliphatic heterocycles. The van der Waals surface area contributed by atoms with Gasteiger partial charge in [-0.1, -0.05) is 41.0 Å². The predicted octanol–water partition coefficient (Wildman–Crippen LogP) is 3.78. The summed E-state index contributed by atoms with van der Waals surface area (Å²) < 4.78 is 0. The summed E-state index contributed by atoms with van der Waals surface area (Å²) in [6, 6.07) is 0. The number of ketones is 1. The van der Waals surface area contributed by atoms with Crippen LogP contribution in [-0.4, -0.2) is 12.3 Å². The molecule has 0 saturated carbocycles. The Bertz CT molecular complexity index is 217. The van der Waals surface area contributed by atoms with Crippen molar-refractivity contribution in [2.24, 2.45) is 23.0 Å². The largest absolute Gasteiger partial charge is 0.330 e. The average molecular weight is 241 g/mol. The summed E-state index contributed by atoms with van der Waals surface area (Å²) in [5.74, 6) is 1.52. The number of carbonyl (C=O) groups is 1. The molecular formula is C15H31NO. The van der Waals surface area contributed by atoms with Crippen LogP contribution in [0.15, 0.2) is 0 Å². The molecule has 0 bridgehead atoms. The Morgan fingerprint density at radius 2 is 1.82 bits per heavy atom. The number of hydrogen-bond donors (Lipinski definition) is 1. The monoisotopic (exact) mass is 241 g/mol. The molecule has 2 atom stereocenters. The molecule has 0 saturated heterocycles. The zero-order chi connectivity index (χ0) is 13.5. The van der Waals surface area contributed by atoms with Gasteiger partial charge in [-0.25, -0.2) is 0 Å². The van der Waals surface area contributed by atoms with Crippen LogP contribution in [-0.2, 0) is 4.79 Å². The van der Waals surface area contributed by atoms with E-state index in [1.54, 1.807) is 0 Å². The number of carbonyl (C=O) groups excluding carboxylic acids is 1. The van der Waals surface area contributed by atoms with Crippen molar-refractivity contribution in [2.45, 2.75) is 66.7 Å². The third kappa shape index (κ3) is 7.54. The van der Waals surface area contributed by atoms with Crippen molar-refractivity contribution in [3.05, 3.63) is 0 Å². The minimum absolute atomic E-state index is 0.260. The molecule has 2 heteroatoms. The van der Waals surface area contributed by atoms with E-state index in [1.165, 1.54) is 0 Å². The molecule has 2 N–H and O–H groups in total. The lowest BCUT2D eigenvalue weighted by atomic mass is 9.75. The standard InChI is InChI=1S/C15H31NO/c1-6-12(2)11-14(17)8-7-13(9-10-16)15(3,4)5/h12-13H,6-11,16H2,1-5H3. The van der Waals surface area contributed by atoms with Crippen LogP contribution in [0.4, 0.5) is 0 Å². The quantitative estimate of drug-likeness (QED) is 0.702. The Balaban J connectivity index is 4.09. The molecule has 2 nitrogen and oxygen atoms in total. The maximum atomic E-state index is 11.8. The van der Waals surface area contributed by atoms with Gasteiger partial charge in [0.15, 0.2) is 0 Å². The Kier molecular flexibility index (Phi) is 7.69. The first-order valence-corrected chi connectivity index (χ1v) is 7.03. The lowest BCUT2D eigenvalue weighted by Crippen LogP contribution is -2.24. The SMILES string of the molecule is CCC(C)CC(=O)CCC(CCN)C(C)(C)C. The van der Waals surface area contributed by atoms with Crippen molar-refractivity contribution < 1.29 is 4.79 Å². The van der Waals surface area contributed by atoms with Crippen LogP contribution in [0.1, 0.15) is 66.7 Å². The molecule has 0 heterocycles. The molecular weight excluding hydrogens is 210 g/mol. The zero-order valence-electron chi connectivity index (χ0n) is 12.4. The molecule has 0 rings (SSSR count). The summed E-state index contributed by atoms with van der Waals surface area (Å²) in [5, 5.41) is 0. The Hall–Kier alpha value is -0.370. The third-order valence-electron chi connectivity index (χ3n) is 3.78. The lowest BCUT2D eigenvalue weighted by Gasteiger charge is -2.30. The minimum atomic E-state index is 0.260. The Morgan fingerprint density at radius 3 is 2.24 bits per heavy atom. The van der Waals surface area contributed by atoms with Crippen LogP contribution in [0, 0.1) is 17.3 Å². The van der Waals surface area contributed by atoms with Crippen LogP contribution in [0.5, 0.6) is 0 Å². The van der Waals surface area contributed by atoms with E-state index in [0.29, 0.717) is 17.6 Å². The maximum absolute atomic E-state index is 11.8. The number of Topliss-reactive ketones (excluding diaryl/α,β-unsaturated/α-hetero) is 1. The average Bonchev–Trinajstić information content (AvgIpc) is 2.22. The fraction of sp³-hybridized carbons (Fsp3) is 0.933. The van der Waals surface area contributed by atoms with Crippen LogP contribution < -0.4 is 5.73 Å². The van der Waals surface area contributed by atoms with Crippen LogP contribution in [0.2, 0.25) is 0 Å². The highest BCUT2D eigenvalue weighted by Crippen LogP contribution is 2.32. The number of hydrogen-bond acceptors (Lipinski definition) is 2. The Labute approximate surface area is 107 Å². The molecule has 0 radical (unpaired) electrons. The fourth-order valence-electron chi connectivity index (χ4n) is 2.18. The fourth-order valence-corrected chi connectivity index (χ4v) is 2.18. The summed E-state index contributed by atoms with van der Waals surface area (Å²) in [7, 11) is 0. The van der Waals surface area contributed by atoms with Gasteiger partial charge in [0.25, 0.3) is 0 Å². The molecule has 0 fully saturated rings. The van der Waals surface area contributed by atoms with Gasteiger partial charge in [0.1, 0.15) is 5.78 Å². The molecule has 0 aromatic rings. The van der Waals surface area contributed by atoms with Crippen LogP contribution >= 0.6 is 0 Å². The zero-order valence-corrected chi connectivity index (χ0v) is 12.4. The summed E-state index contributed by atoms with van der Waals surface area (Å²) in [6.45, 7) is 11.7. The first kappa shape index (κ1) is 16.6. The van der Waals surface area contributed by atoms with Gasteiger partial charge in [0, 0.05) is 12.8 Å². The molecule has 0 aliphatic rings. The number of rotatable bonds is 8. The van der Waals surface area contributed by atoms with Crippen LogP contribution in [0.25, 0.3) is 0 Å². The van der Waals surface area contributed by atoms with Gasteiger partial charge in [0.05, 0.1) is 0 Å². The smallest absolute Gasteiger partial charge is 0.133 e. The van der Waals surface area contributed by atoms with Gasteiger partial charge in [0.2, 0.25) is 0 Å². The first-order valence-electron chi connectivity index (χ1n) is 7.03. The van der Waals surface area contributed by atoms with Crippen molar-refractivity contribution >= 4 is 5.78 Å². The van der Waals surface area contributed by atoms with E-state index in [2.05, 4.69) is 34.6 Å². The summed E-state index contributed by atoms with van der Waals surface area (Å²) in [6.07, 6.45) is 4.59. The summed E-state index contributed by atoms with van der Waals surface area (Å²) >= 11 is 0. The van der Waals surface area contributed by atoms with Gasteiger partial charge in [-0.3, -0.25) is 4.79 Å².